The number of likely N-dealkylation sites (N-methyl/N-ethyl adjacent to an activating group) is 1. The molecule has 0 N–H and O–H groups in total. The smallest absolute Gasteiger partial charge is 0.341 e. The number of hydrogen-bond acceptors (Lipinski definition) is 3. The monoisotopic (exact) mass is 503 g/mol. The third-order valence-corrected chi connectivity index (χ3v) is 11.8. The molecular formula is C32H26NO3P. The van der Waals surface area contributed by atoms with Crippen molar-refractivity contribution in [2.45, 2.75) is 12.3 Å². The van der Waals surface area contributed by atoms with Crippen LogP contribution in [0.2, 0.25) is 0 Å². The average Bonchev–Trinajstić information content (AvgIpc) is 3.14. The maximum Gasteiger partial charge on any atom is 0.341 e. The number of allylic oxidation sites excluding steroid dienone is 1. The van der Waals surface area contributed by atoms with Crippen LogP contribution < -0.4 is 20.8 Å². The molecule has 1 unspecified atom stereocenters. The Morgan fingerprint density at radius 3 is 1.65 bits per heavy atom. The van der Waals surface area contributed by atoms with Gasteiger partial charge in [-0.05, 0) is 41.9 Å². The topological polar surface area (TPSA) is 46.6 Å². The summed E-state index contributed by atoms with van der Waals surface area (Å²) in [5.41, 5.74) is 0.316. The van der Waals surface area contributed by atoms with Crippen LogP contribution in [0.25, 0.3) is 0 Å². The number of carbonyl (C=O) groups excluding carboxylic acids is 2. The molecule has 1 amide bonds. The number of carbonyl (C=O) groups is 2. The van der Waals surface area contributed by atoms with E-state index in [-0.39, 0.29) is 5.91 Å². The predicted molar refractivity (Wildman–Crippen MR) is 152 cm³/mol. The van der Waals surface area contributed by atoms with Gasteiger partial charge in [0.1, 0.15) is 11.2 Å². The molecule has 4 nitrogen and oxygen atoms in total. The fourth-order valence-electron chi connectivity index (χ4n) is 5.91. The molecular weight excluding hydrogens is 477 g/mol. The second-order valence-electron chi connectivity index (χ2n) is 9.36. The third kappa shape index (κ3) is 3.22. The zero-order valence-electron chi connectivity index (χ0n) is 20.7. The Morgan fingerprint density at radius 2 is 1.14 bits per heavy atom. The molecule has 0 aliphatic carbocycles. The van der Waals surface area contributed by atoms with E-state index < -0.39 is 18.3 Å². The Balaban J connectivity index is 1.94. The number of amides is 1. The average molecular weight is 504 g/mol. The Hall–Kier alpha value is -4.14. The van der Waals surface area contributed by atoms with Gasteiger partial charge < -0.3 is 9.64 Å². The van der Waals surface area contributed by atoms with Gasteiger partial charge in [0.05, 0.1) is 5.29 Å². The molecule has 6 rings (SSSR count). The van der Waals surface area contributed by atoms with Crippen molar-refractivity contribution in [3.05, 3.63) is 133 Å². The summed E-state index contributed by atoms with van der Waals surface area (Å²) >= 11 is 0. The van der Waals surface area contributed by atoms with Crippen LogP contribution in [0.3, 0.4) is 0 Å². The van der Waals surface area contributed by atoms with Crippen molar-refractivity contribution in [2.75, 3.05) is 11.9 Å². The van der Waals surface area contributed by atoms with Gasteiger partial charge in [0.15, 0.2) is 0 Å². The molecule has 1 spiro atoms. The van der Waals surface area contributed by atoms with E-state index in [0.717, 1.165) is 27.2 Å². The fourth-order valence-corrected chi connectivity index (χ4v) is 10.6. The quantitative estimate of drug-likeness (QED) is 0.305. The van der Waals surface area contributed by atoms with Crippen LogP contribution in [0, 0.1) is 0 Å². The Bertz CT molecular complexity index is 1510. The van der Waals surface area contributed by atoms with Crippen molar-refractivity contribution < 1.29 is 14.3 Å². The van der Waals surface area contributed by atoms with Crippen LogP contribution in [0.1, 0.15) is 12.5 Å². The molecule has 4 aromatic carbocycles. The highest BCUT2D eigenvalue weighted by atomic mass is 31.2. The first-order valence-corrected chi connectivity index (χ1v) is 14.0. The lowest BCUT2D eigenvalue weighted by Gasteiger charge is -2.40. The standard InChI is InChI=1S/C32H26NO3P/c1-23-22-32(27-20-12-13-21-28(27)33(2)31(32)35)29(30(34)36-23)37(24-14-6-3-7-15-24,25-16-8-4-9-17-25)26-18-10-5-11-19-26/h3-22H,1-2H3. The van der Waals surface area contributed by atoms with Gasteiger partial charge in [0.25, 0.3) is 0 Å². The highest BCUT2D eigenvalue weighted by Gasteiger charge is 2.58. The van der Waals surface area contributed by atoms with Crippen LogP contribution in [0.4, 0.5) is 5.69 Å². The zero-order chi connectivity index (χ0) is 25.6. The number of hydrogen-bond donors (Lipinski definition) is 0. The minimum atomic E-state index is -2.90. The van der Waals surface area contributed by atoms with Crippen molar-refractivity contribution in [2.24, 2.45) is 0 Å². The molecule has 182 valence electrons. The summed E-state index contributed by atoms with van der Waals surface area (Å²) in [6.45, 7) is -1.15. The van der Waals surface area contributed by atoms with Gasteiger partial charge in [0, 0.05) is 18.3 Å². The second-order valence-corrected chi connectivity index (χ2v) is 12.7. The summed E-state index contributed by atoms with van der Waals surface area (Å²) < 4.78 is 5.90. The summed E-state index contributed by atoms with van der Waals surface area (Å²) in [4.78, 5) is 30.5. The first kappa shape index (κ1) is 23.3. The molecule has 2 heterocycles. The normalized spacial score (nSPS) is 19.0. The molecule has 0 saturated heterocycles. The van der Waals surface area contributed by atoms with Crippen LogP contribution in [-0.4, -0.2) is 24.2 Å². The number of ether oxygens (including phenoxy) is 1. The van der Waals surface area contributed by atoms with Gasteiger partial charge in [0.2, 0.25) is 5.91 Å². The number of nitrogens with zero attached hydrogens (tertiary/aromatic N) is 1. The molecule has 5 heteroatoms. The second kappa shape index (κ2) is 8.76. The number of cyclic esters (lactones) is 1. The lowest BCUT2D eigenvalue weighted by Crippen LogP contribution is -2.53. The molecule has 0 aromatic heterocycles. The Kier molecular flexibility index (Phi) is 5.51. The van der Waals surface area contributed by atoms with Crippen LogP contribution in [-0.2, 0) is 19.7 Å². The molecule has 1 atom stereocenters. The van der Waals surface area contributed by atoms with Gasteiger partial charge >= 0.3 is 5.97 Å². The van der Waals surface area contributed by atoms with Gasteiger partial charge in [-0.15, -0.1) is 0 Å². The van der Waals surface area contributed by atoms with Gasteiger partial charge in [-0.1, -0.05) is 109 Å². The number of rotatable bonds is 3. The first-order valence-electron chi connectivity index (χ1n) is 12.2. The number of para-hydroxylation sites is 1. The van der Waals surface area contributed by atoms with Crippen molar-refractivity contribution in [3.63, 3.8) is 0 Å². The lowest BCUT2D eigenvalue weighted by molar-refractivity contribution is -0.133. The molecule has 0 bridgehead atoms. The van der Waals surface area contributed by atoms with E-state index in [1.54, 1.807) is 18.9 Å². The predicted octanol–water partition coefficient (Wildman–Crippen LogP) is 4.53. The number of benzene rings is 4. The van der Waals surface area contributed by atoms with E-state index in [1.165, 1.54) is 0 Å². The maximum atomic E-state index is 14.5. The SMILES string of the molecule is CC1=CC2(C(=O)N(C)c3ccccc32)C(=P(c2ccccc2)(c2ccccc2)c2ccccc2)C(=O)O1. The maximum absolute atomic E-state index is 14.5. The van der Waals surface area contributed by atoms with Gasteiger partial charge in [-0.2, -0.15) is 0 Å². The molecule has 0 fully saturated rings. The number of fused-ring (bicyclic) bond motifs is 2. The molecule has 0 radical (unpaired) electrons. The highest BCUT2D eigenvalue weighted by molar-refractivity contribution is 7.96. The third-order valence-electron chi connectivity index (χ3n) is 7.34. The first-order chi connectivity index (χ1) is 18.0. The van der Waals surface area contributed by atoms with Gasteiger partial charge in [-0.3, -0.25) is 4.79 Å². The Morgan fingerprint density at radius 1 is 0.676 bits per heavy atom. The summed E-state index contributed by atoms with van der Waals surface area (Å²) in [6, 6.07) is 38.1. The van der Waals surface area contributed by atoms with E-state index >= 15 is 0 Å². The summed E-state index contributed by atoms with van der Waals surface area (Å²) in [5.74, 6) is -0.172. The Labute approximate surface area is 216 Å². The zero-order valence-corrected chi connectivity index (χ0v) is 21.6. The van der Waals surface area contributed by atoms with E-state index in [2.05, 4.69) is 36.4 Å². The van der Waals surface area contributed by atoms with Crippen molar-refractivity contribution >= 4 is 45.7 Å². The summed E-state index contributed by atoms with van der Waals surface area (Å²) in [5, 5.41) is 3.46. The van der Waals surface area contributed by atoms with Crippen molar-refractivity contribution in [3.8, 4) is 0 Å². The van der Waals surface area contributed by atoms with E-state index in [9.17, 15) is 9.59 Å². The molecule has 37 heavy (non-hydrogen) atoms. The molecule has 0 saturated carbocycles. The molecule has 2 aliphatic rings. The molecule has 4 aromatic rings. The largest absolute Gasteiger partial charge is 0.428 e. The van der Waals surface area contributed by atoms with Crippen LogP contribution in [0.15, 0.2) is 127 Å². The van der Waals surface area contributed by atoms with E-state index in [0.29, 0.717) is 11.1 Å². The van der Waals surface area contributed by atoms with Crippen LogP contribution in [0.5, 0.6) is 0 Å². The summed E-state index contributed by atoms with van der Waals surface area (Å²) in [6.07, 6.45) is 1.86. The van der Waals surface area contributed by atoms with E-state index in [4.69, 9.17) is 4.74 Å². The van der Waals surface area contributed by atoms with Crippen LogP contribution >= 0.6 is 6.89 Å². The van der Waals surface area contributed by atoms with Crippen molar-refractivity contribution in [1.29, 1.82) is 0 Å². The number of anilines is 1. The number of esters is 1. The van der Waals surface area contributed by atoms with E-state index in [1.807, 2.05) is 84.9 Å². The fraction of sp³-hybridized carbons (Fsp3) is 0.0938. The van der Waals surface area contributed by atoms with Gasteiger partial charge in [-0.25, -0.2) is 4.79 Å². The summed E-state index contributed by atoms with van der Waals surface area (Å²) in [7, 11) is 1.78. The minimum absolute atomic E-state index is 0.146. The van der Waals surface area contributed by atoms with Crippen molar-refractivity contribution in [1.82, 2.24) is 0 Å². The lowest BCUT2D eigenvalue weighted by atomic mass is 9.77. The highest BCUT2D eigenvalue weighted by Crippen LogP contribution is 2.56. The minimum Gasteiger partial charge on any atom is -0.428 e. The molecule has 2 aliphatic heterocycles.